The minimum absolute atomic E-state index is 1.17. The molecule has 0 nitrogen and oxygen atoms in total. The van der Waals surface area contributed by atoms with Crippen molar-refractivity contribution in [2.75, 3.05) is 0 Å². The van der Waals surface area contributed by atoms with Crippen LogP contribution in [0.25, 0.3) is 6.08 Å². The van der Waals surface area contributed by atoms with Gasteiger partial charge in [-0.15, -0.1) is 0 Å². The van der Waals surface area contributed by atoms with Crippen molar-refractivity contribution in [1.82, 2.24) is 0 Å². The second kappa shape index (κ2) is 15.0. The highest BCUT2D eigenvalue weighted by molar-refractivity contribution is 5.50. The minimum Gasteiger partial charge on any atom is -0.0816 e. The van der Waals surface area contributed by atoms with Crippen molar-refractivity contribution in [3.05, 3.63) is 90.1 Å². The van der Waals surface area contributed by atoms with Gasteiger partial charge in [-0.3, -0.25) is 0 Å². The van der Waals surface area contributed by atoms with E-state index in [2.05, 4.69) is 56.0 Å². The lowest BCUT2D eigenvalue weighted by Gasteiger charge is -1.95. The molecule has 0 radical (unpaired) electrons. The van der Waals surface area contributed by atoms with Gasteiger partial charge in [0.25, 0.3) is 0 Å². The highest BCUT2D eigenvalue weighted by atomic mass is 13.9. The van der Waals surface area contributed by atoms with Gasteiger partial charge in [-0.05, 0) is 37.5 Å². The molecule has 0 saturated carbocycles. The first-order valence-electron chi connectivity index (χ1n) is 9.22. The summed E-state index contributed by atoms with van der Waals surface area (Å²) < 4.78 is 0. The maximum Gasteiger partial charge on any atom is -0.0113 e. The Labute approximate surface area is 154 Å². The molecule has 1 aromatic carbocycles. The molecular formula is C25H30. The van der Waals surface area contributed by atoms with Crippen LogP contribution in [-0.4, -0.2) is 0 Å². The van der Waals surface area contributed by atoms with Gasteiger partial charge < -0.3 is 0 Å². The molecule has 0 spiro atoms. The fourth-order valence-electron chi connectivity index (χ4n) is 2.20. The third kappa shape index (κ3) is 12.6. The zero-order chi connectivity index (χ0) is 18.0. The Balaban J connectivity index is 2.24. The van der Waals surface area contributed by atoms with Crippen molar-refractivity contribution in [3.63, 3.8) is 0 Å². The largest absolute Gasteiger partial charge is 0.0816 e. The summed E-state index contributed by atoms with van der Waals surface area (Å²) in [5, 5.41) is 0. The number of benzene rings is 1. The third-order valence-electron chi connectivity index (χ3n) is 3.64. The van der Waals surface area contributed by atoms with E-state index < -0.39 is 0 Å². The predicted molar refractivity (Wildman–Crippen MR) is 113 cm³/mol. The molecule has 0 aliphatic rings. The smallest absolute Gasteiger partial charge is 0.0113 e. The summed E-state index contributed by atoms with van der Waals surface area (Å²) >= 11 is 0. The standard InChI is InChI=1S/C25H30/c1-3-4-5-10-14-19-24(2)20-15-11-8-6-7-9-12-16-21-25-22-17-13-18-23-25/h6-7,9,12-13,15-23H,3-5,10,14H2,1-2H3/b7-6+,12-9+,20-15+,21-16+,24-19+. The summed E-state index contributed by atoms with van der Waals surface area (Å²) in [5.41, 5.74) is 2.50. The summed E-state index contributed by atoms with van der Waals surface area (Å²) in [5.74, 6) is 6.05. The van der Waals surface area contributed by atoms with Gasteiger partial charge in [-0.25, -0.2) is 0 Å². The monoisotopic (exact) mass is 330 g/mol. The highest BCUT2D eigenvalue weighted by Gasteiger charge is 1.86. The predicted octanol–water partition coefficient (Wildman–Crippen LogP) is 7.29. The van der Waals surface area contributed by atoms with E-state index in [9.17, 15) is 0 Å². The van der Waals surface area contributed by atoms with E-state index in [1.165, 1.54) is 43.2 Å². The molecule has 0 fully saturated rings. The Morgan fingerprint density at radius 2 is 1.64 bits per heavy atom. The normalized spacial score (nSPS) is 12.5. The van der Waals surface area contributed by atoms with E-state index in [0.717, 1.165) is 0 Å². The Hall–Kier alpha value is -2.52. The van der Waals surface area contributed by atoms with Crippen LogP contribution in [0.3, 0.4) is 0 Å². The van der Waals surface area contributed by atoms with Crippen LogP contribution in [0.2, 0.25) is 0 Å². The van der Waals surface area contributed by atoms with E-state index in [1.54, 1.807) is 0 Å². The molecule has 1 rings (SSSR count). The van der Waals surface area contributed by atoms with Crippen LogP contribution in [0.4, 0.5) is 0 Å². The van der Waals surface area contributed by atoms with Crippen LogP contribution in [-0.2, 0) is 0 Å². The first-order chi connectivity index (χ1) is 12.3. The molecule has 0 saturated heterocycles. The van der Waals surface area contributed by atoms with E-state index in [0.29, 0.717) is 0 Å². The molecule has 0 bridgehead atoms. The van der Waals surface area contributed by atoms with Gasteiger partial charge in [0.05, 0.1) is 0 Å². The molecule has 1 aromatic rings. The molecule has 130 valence electrons. The van der Waals surface area contributed by atoms with Crippen LogP contribution in [0.1, 0.15) is 51.5 Å². The van der Waals surface area contributed by atoms with E-state index in [4.69, 9.17) is 0 Å². The number of unbranched alkanes of at least 4 members (excludes halogenated alkanes) is 4. The molecule has 25 heavy (non-hydrogen) atoms. The van der Waals surface area contributed by atoms with Gasteiger partial charge in [0.15, 0.2) is 0 Å². The molecule has 0 amide bonds. The lowest BCUT2D eigenvalue weighted by molar-refractivity contribution is 0.674. The third-order valence-corrected chi connectivity index (χ3v) is 3.64. The Kier molecular flexibility index (Phi) is 12.3. The van der Waals surface area contributed by atoms with Crippen LogP contribution in [0.5, 0.6) is 0 Å². The summed E-state index contributed by atoms with van der Waals surface area (Å²) in [6.45, 7) is 4.38. The second-order valence-corrected chi connectivity index (χ2v) is 5.93. The number of allylic oxidation sites excluding steroid dienone is 9. The average molecular weight is 331 g/mol. The van der Waals surface area contributed by atoms with Crippen LogP contribution in [0.15, 0.2) is 84.5 Å². The van der Waals surface area contributed by atoms with Crippen LogP contribution in [0, 0.1) is 11.8 Å². The molecule has 0 atom stereocenters. The van der Waals surface area contributed by atoms with E-state index >= 15 is 0 Å². The fourth-order valence-corrected chi connectivity index (χ4v) is 2.20. The lowest BCUT2D eigenvalue weighted by atomic mass is 10.1. The summed E-state index contributed by atoms with van der Waals surface area (Å²) in [7, 11) is 0. The van der Waals surface area contributed by atoms with Gasteiger partial charge in [-0.1, -0.05) is 116 Å². The topological polar surface area (TPSA) is 0 Å². The van der Waals surface area contributed by atoms with Gasteiger partial charge in [0, 0.05) is 0 Å². The van der Waals surface area contributed by atoms with Crippen molar-refractivity contribution in [1.29, 1.82) is 0 Å². The molecule has 0 heteroatoms. The van der Waals surface area contributed by atoms with Crippen molar-refractivity contribution in [2.45, 2.75) is 46.0 Å². The van der Waals surface area contributed by atoms with E-state index in [-0.39, 0.29) is 0 Å². The number of rotatable bonds is 9. The molecule has 0 N–H and O–H groups in total. The second-order valence-electron chi connectivity index (χ2n) is 5.93. The zero-order valence-corrected chi connectivity index (χ0v) is 15.6. The molecule has 0 aromatic heterocycles. The van der Waals surface area contributed by atoms with Crippen molar-refractivity contribution in [2.24, 2.45) is 0 Å². The Morgan fingerprint density at radius 3 is 2.44 bits per heavy atom. The number of hydrogen-bond donors (Lipinski definition) is 0. The molecule has 0 heterocycles. The fraction of sp³-hybridized carbons (Fsp3) is 0.280. The molecular weight excluding hydrogens is 300 g/mol. The average Bonchev–Trinajstić information content (AvgIpc) is 2.64. The van der Waals surface area contributed by atoms with Gasteiger partial charge >= 0.3 is 0 Å². The SMILES string of the molecule is CCCCCC/C=C(C)/C=C/C#C/C=C/C=C/C=C/c1ccccc1. The quantitative estimate of drug-likeness (QED) is 0.253. The van der Waals surface area contributed by atoms with Crippen molar-refractivity contribution in [3.8, 4) is 11.8 Å². The van der Waals surface area contributed by atoms with Crippen LogP contribution >= 0.6 is 0 Å². The zero-order valence-electron chi connectivity index (χ0n) is 15.6. The summed E-state index contributed by atoms with van der Waals surface area (Å²) in [6.07, 6.45) is 24.6. The van der Waals surface area contributed by atoms with Crippen LogP contribution < -0.4 is 0 Å². The Morgan fingerprint density at radius 1 is 0.880 bits per heavy atom. The highest BCUT2D eigenvalue weighted by Crippen LogP contribution is 2.06. The summed E-state index contributed by atoms with van der Waals surface area (Å²) in [6, 6.07) is 10.3. The first kappa shape index (κ1) is 20.5. The van der Waals surface area contributed by atoms with Gasteiger partial charge in [-0.2, -0.15) is 0 Å². The van der Waals surface area contributed by atoms with Crippen molar-refractivity contribution < 1.29 is 0 Å². The Bertz CT molecular complexity index is 655. The summed E-state index contributed by atoms with van der Waals surface area (Å²) in [4.78, 5) is 0. The molecule has 0 aliphatic carbocycles. The first-order valence-corrected chi connectivity index (χ1v) is 9.22. The maximum atomic E-state index is 3.03. The van der Waals surface area contributed by atoms with Gasteiger partial charge in [0.1, 0.15) is 0 Å². The molecule has 0 unspecified atom stereocenters. The van der Waals surface area contributed by atoms with E-state index in [1.807, 2.05) is 54.7 Å². The maximum absolute atomic E-state index is 3.03. The number of hydrogen-bond acceptors (Lipinski definition) is 0. The minimum atomic E-state index is 1.17. The molecule has 0 aliphatic heterocycles. The van der Waals surface area contributed by atoms with Gasteiger partial charge in [0.2, 0.25) is 0 Å². The van der Waals surface area contributed by atoms with Crippen molar-refractivity contribution >= 4 is 6.08 Å². The lowest BCUT2D eigenvalue weighted by Crippen LogP contribution is -1.75.